The van der Waals surface area contributed by atoms with Gasteiger partial charge in [0, 0.05) is 5.75 Å². The molecule has 0 aromatic carbocycles. The molecule has 1 nitrogen and oxygen atoms in total. The number of hydrogen-bond acceptors (Lipinski definition) is 2. The number of hydrogen-bond donors (Lipinski definition) is 0. The van der Waals surface area contributed by atoms with Gasteiger partial charge in [-0.3, -0.25) is 0 Å². The van der Waals surface area contributed by atoms with Crippen LogP contribution in [-0.4, -0.2) is 22.4 Å². The van der Waals surface area contributed by atoms with Crippen molar-refractivity contribution < 1.29 is 4.12 Å². The first-order chi connectivity index (χ1) is 5.27. The van der Waals surface area contributed by atoms with Crippen molar-refractivity contribution in [2.75, 3.05) is 5.75 Å². The second kappa shape index (κ2) is 5.05. The van der Waals surface area contributed by atoms with Crippen molar-refractivity contribution >= 4 is 38.3 Å². The van der Waals surface area contributed by atoms with E-state index in [2.05, 4.69) is 32.7 Å². The summed E-state index contributed by atoms with van der Waals surface area (Å²) in [7, 11) is 4.23. The lowest BCUT2D eigenvalue weighted by atomic mass is 11.0. The Hall–Kier alpha value is 1.03. The lowest BCUT2D eigenvalue weighted by Gasteiger charge is -2.31. The molecule has 0 saturated carbocycles. The van der Waals surface area contributed by atoms with Crippen LogP contribution in [0.1, 0.15) is 0 Å². The largest absolute Gasteiger partial charge is 0.456 e. The van der Waals surface area contributed by atoms with E-state index in [4.69, 9.17) is 14.8 Å². The van der Waals surface area contributed by atoms with Crippen molar-refractivity contribution in [3.8, 4) is 0 Å². The Balaban J connectivity index is 3.86. The van der Waals surface area contributed by atoms with E-state index in [0.29, 0.717) is 0 Å². The van der Waals surface area contributed by atoms with Gasteiger partial charge < -0.3 is 4.12 Å². The third kappa shape index (κ3) is 7.67. The fourth-order valence-corrected chi connectivity index (χ4v) is 11.2. The molecule has 0 N–H and O–H groups in total. The first kappa shape index (κ1) is 13.0. The molecule has 0 unspecified atom stereocenters. The minimum Gasteiger partial charge on any atom is -0.456 e. The molecule has 0 atom stereocenters. The molecule has 0 saturated heterocycles. The van der Waals surface area contributed by atoms with Gasteiger partial charge in [-0.05, 0) is 49.5 Å². The molecule has 0 radical (unpaired) electrons. The first-order valence-corrected chi connectivity index (χ1v) is 12.5. The Bertz CT molecular complexity index is 136. The molecule has 0 aliphatic heterocycles. The second-order valence-corrected chi connectivity index (χ2v) is 14.9. The summed E-state index contributed by atoms with van der Waals surface area (Å²) in [6.45, 7) is 11.3. The van der Waals surface area contributed by atoms with Crippen LogP contribution in [0.2, 0.25) is 38.8 Å². The standard InChI is InChI=1S/C7H19ClOSSi2/c1-11(2,3)9-12(4,5)7-6-10-8/h6-7H2,1-5H3. The summed E-state index contributed by atoms with van der Waals surface area (Å²) in [5, 5.41) is 0. The van der Waals surface area contributed by atoms with Gasteiger partial charge in [0.15, 0.2) is 16.6 Å². The summed E-state index contributed by atoms with van der Waals surface area (Å²) in [4.78, 5) is 0. The molecule has 0 aliphatic carbocycles. The Morgan fingerprint density at radius 2 is 1.67 bits per heavy atom. The average molecular weight is 243 g/mol. The van der Waals surface area contributed by atoms with Crippen LogP contribution in [-0.2, 0) is 4.12 Å². The summed E-state index contributed by atoms with van der Waals surface area (Å²) in [6.07, 6.45) is 0. The maximum atomic E-state index is 6.13. The molecule has 0 heterocycles. The smallest absolute Gasteiger partial charge is 0.174 e. The third-order valence-electron chi connectivity index (χ3n) is 1.36. The molecule has 12 heavy (non-hydrogen) atoms. The summed E-state index contributed by atoms with van der Waals surface area (Å²) in [5.41, 5.74) is 0. The van der Waals surface area contributed by atoms with Crippen LogP contribution in [0, 0.1) is 0 Å². The first-order valence-electron chi connectivity index (χ1n) is 4.20. The summed E-state index contributed by atoms with van der Waals surface area (Å²) in [6, 6.07) is 1.16. The van der Waals surface area contributed by atoms with Gasteiger partial charge in [0.25, 0.3) is 0 Å². The maximum absolute atomic E-state index is 6.13. The quantitative estimate of drug-likeness (QED) is 0.676. The van der Waals surface area contributed by atoms with Crippen molar-refractivity contribution in [2.45, 2.75) is 38.8 Å². The van der Waals surface area contributed by atoms with Crippen molar-refractivity contribution in [1.29, 1.82) is 0 Å². The molecule has 0 aromatic heterocycles. The van der Waals surface area contributed by atoms with Crippen LogP contribution in [0.15, 0.2) is 0 Å². The molecule has 74 valence electrons. The van der Waals surface area contributed by atoms with Crippen LogP contribution in [0.25, 0.3) is 0 Å². The van der Waals surface area contributed by atoms with Crippen LogP contribution < -0.4 is 0 Å². The predicted octanol–water partition coefficient (Wildman–Crippen LogP) is 3.93. The van der Waals surface area contributed by atoms with Crippen molar-refractivity contribution in [2.24, 2.45) is 0 Å². The Morgan fingerprint density at radius 3 is 2.00 bits per heavy atom. The fourth-order valence-electron chi connectivity index (χ4n) is 1.16. The van der Waals surface area contributed by atoms with Crippen LogP contribution >= 0.6 is 21.7 Å². The molecule has 5 heteroatoms. The van der Waals surface area contributed by atoms with Crippen molar-refractivity contribution in [3.05, 3.63) is 0 Å². The third-order valence-corrected chi connectivity index (χ3v) is 8.66. The lowest BCUT2D eigenvalue weighted by Crippen LogP contribution is -2.42. The van der Waals surface area contributed by atoms with Gasteiger partial charge in [0.2, 0.25) is 0 Å². The molecular formula is C7H19ClOSSi2. The Kier molecular flexibility index (Phi) is 5.48. The van der Waals surface area contributed by atoms with Crippen LogP contribution in [0.3, 0.4) is 0 Å². The highest BCUT2D eigenvalue weighted by Gasteiger charge is 2.28. The van der Waals surface area contributed by atoms with E-state index in [-0.39, 0.29) is 0 Å². The van der Waals surface area contributed by atoms with E-state index >= 15 is 0 Å². The van der Waals surface area contributed by atoms with Crippen molar-refractivity contribution in [3.63, 3.8) is 0 Å². The molecule has 0 aromatic rings. The molecular weight excluding hydrogens is 224 g/mol. The van der Waals surface area contributed by atoms with E-state index in [0.717, 1.165) is 11.8 Å². The van der Waals surface area contributed by atoms with Crippen LogP contribution in [0.4, 0.5) is 0 Å². The van der Waals surface area contributed by atoms with E-state index in [1.165, 1.54) is 11.0 Å². The van der Waals surface area contributed by atoms with Gasteiger partial charge in [0.1, 0.15) is 0 Å². The summed E-state index contributed by atoms with van der Waals surface area (Å²) < 4.78 is 6.13. The SMILES string of the molecule is C[Si](C)(C)O[Si](C)(C)CCSCl. The van der Waals surface area contributed by atoms with Gasteiger partial charge >= 0.3 is 0 Å². The van der Waals surface area contributed by atoms with Gasteiger partial charge in [-0.2, -0.15) is 0 Å². The highest BCUT2D eigenvalue weighted by Crippen LogP contribution is 2.21. The molecule has 0 bridgehead atoms. The van der Waals surface area contributed by atoms with Gasteiger partial charge in [-0.15, -0.1) is 0 Å². The highest BCUT2D eigenvalue weighted by molar-refractivity contribution is 8.21. The zero-order valence-corrected chi connectivity index (χ0v) is 12.2. The normalized spacial score (nSPS) is 13.5. The number of halogens is 1. The summed E-state index contributed by atoms with van der Waals surface area (Å²) >= 11 is 0. The predicted molar refractivity (Wildman–Crippen MR) is 65.0 cm³/mol. The van der Waals surface area contributed by atoms with Crippen molar-refractivity contribution in [1.82, 2.24) is 0 Å². The Morgan fingerprint density at radius 1 is 1.17 bits per heavy atom. The minimum atomic E-state index is -1.40. The highest BCUT2D eigenvalue weighted by atomic mass is 35.7. The zero-order chi connectivity index (χ0) is 9.83. The second-order valence-electron chi connectivity index (χ2n) is 4.54. The van der Waals surface area contributed by atoms with Gasteiger partial charge in [-0.25, -0.2) is 0 Å². The zero-order valence-electron chi connectivity index (χ0n) is 8.61. The molecule has 0 spiro atoms. The van der Waals surface area contributed by atoms with E-state index in [9.17, 15) is 0 Å². The minimum absolute atomic E-state index is 1.02. The molecule has 0 aliphatic rings. The van der Waals surface area contributed by atoms with Gasteiger partial charge in [0.05, 0.1) is 0 Å². The van der Waals surface area contributed by atoms with E-state index < -0.39 is 16.6 Å². The molecule has 0 rings (SSSR count). The average Bonchev–Trinajstić information content (AvgIpc) is 1.78. The fraction of sp³-hybridized carbons (Fsp3) is 1.00. The number of rotatable bonds is 5. The van der Waals surface area contributed by atoms with E-state index in [1.54, 1.807) is 0 Å². The monoisotopic (exact) mass is 242 g/mol. The van der Waals surface area contributed by atoms with E-state index in [1.807, 2.05) is 0 Å². The molecule has 0 fully saturated rings. The topological polar surface area (TPSA) is 9.23 Å². The van der Waals surface area contributed by atoms with Crippen LogP contribution in [0.5, 0.6) is 0 Å². The summed E-state index contributed by atoms with van der Waals surface area (Å²) in [5.74, 6) is 1.02. The van der Waals surface area contributed by atoms with Gasteiger partial charge in [-0.1, -0.05) is 11.0 Å². The Labute approximate surface area is 87.0 Å². The molecule has 0 amide bonds. The lowest BCUT2D eigenvalue weighted by molar-refractivity contribution is 0.551. The maximum Gasteiger partial charge on any atom is 0.174 e.